The van der Waals surface area contributed by atoms with Gasteiger partial charge in [-0.25, -0.2) is 4.79 Å². The van der Waals surface area contributed by atoms with E-state index in [-0.39, 0.29) is 12.0 Å². The van der Waals surface area contributed by atoms with Crippen LogP contribution in [0.3, 0.4) is 0 Å². The van der Waals surface area contributed by atoms with Crippen molar-refractivity contribution in [3.8, 4) is 0 Å². The molecule has 1 heterocycles. The molecule has 112 valence electrons. The van der Waals surface area contributed by atoms with E-state index in [2.05, 4.69) is 5.32 Å². The second-order valence-electron chi connectivity index (χ2n) is 4.67. The monoisotopic (exact) mass is 343 g/mol. The summed E-state index contributed by atoms with van der Waals surface area (Å²) in [6, 6.07) is 7.23. The number of carbonyl (C=O) groups excluding carboxylic acids is 1. The number of anilines is 1. The van der Waals surface area contributed by atoms with Crippen LogP contribution in [0.25, 0.3) is 0 Å². The van der Waals surface area contributed by atoms with Crippen LogP contribution in [0.15, 0.2) is 24.3 Å². The molecule has 1 aromatic heterocycles. The van der Waals surface area contributed by atoms with Gasteiger partial charge < -0.3 is 10.1 Å². The van der Waals surface area contributed by atoms with Crippen molar-refractivity contribution in [1.82, 2.24) is 0 Å². The molecule has 0 radical (unpaired) electrons. The van der Waals surface area contributed by atoms with Gasteiger partial charge in [0.15, 0.2) is 0 Å². The number of benzene rings is 1. The highest BCUT2D eigenvalue weighted by Crippen LogP contribution is 2.36. The Kier molecular flexibility index (Phi) is 5.14. The second-order valence-corrected chi connectivity index (χ2v) is 6.95. The number of hydrogen-bond acceptors (Lipinski definition) is 4. The largest absolute Gasteiger partial charge is 0.465 e. The molecule has 0 spiro atoms. The third-order valence-corrected chi connectivity index (χ3v) is 4.70. The summed E-state index contributed by atoms with van der Waals surface area (Å²) in [4.78, 5) is 11.6. The molecule has 0 aliphatic rings. The first-order valence-corrected chi connectivity index (χ1v) is 7.90. The fourth-order valence-electron chi connectivity index (χ4n) is 1.98. The molecule has 0 bridgehead atoms. The number of ether oxygens (including phenoxy) is 1. The summed E-state index contributed by atoms with van der Waals surface area (Å²) in [6.45, 7) is 3.97. The summed E-state index contributed by atoms with van der Waals surface area (Å²) >= 11 is 13.5. The number of carbonyl (C=O) groups is 1. The van der Waals surface area contributed by atoms with Gasteiger partial charge in [0.1, 0.15) is 0 Å². The van der Waals surface area contributed by atoms with E-state index >= 15 is 0 Å². The zero-order valence-electron chi connectivity index (χ0n) is 11.9. The summed E-state index contributed by atoms with van der Waals surface area (Å²) < 4.78 is 6.06. The maximum Gasteiger partial charge on any atom is 0.337 e. The molecule has 1 aromatic carbocycles. The smallest absolute Gasteiger partial charge is 0.337 e. The molecular weight excluding hydrogens is 329 g/mol. The molecule has 1 unspecified atom stereocenters. The van der Waals surface area contributed by atoms with Crippen LogP contribution in [0, 0.1) is 6.92 Å². The van der Waals surface area contributed by atoms with Crippen molar-refractivity contribution in [3.05, 3.63) is 49.6 Å². The van der Waals surface area contributed by atoms with Crippen molar-refractivity contribution >= 4 is 46.2 Å². The van der Waals surface area contributed by atoms with E-state index in [1.165, 1.54) is 18.4 Å². The highest BCUT2D eigenvalue weighted by atomic mass is 35.5. The van der Waals surface area contributed by atoms with Gasteiger partial charge in [-0.3, -0.25) is 0 Å². The Morgan fingerprint density at radius 3 is 2.62 bits per heavy atom. The number of hydrogen-bond donors (Lipinski definition) is 1. The van der Waals surface area contributed by atoms with Gasteiger partial charge in [0.05, 0.1) is 27.4 Å². The van der Waals surface area contributed by atoms with Gasteiger partial charge in [0, 0.05) is 11.3 Å². The van der Waals surface area contributed by atoms with E-state index in [9.17, 15) is 4.79 Å². The number of esters is 1. The molecule has 2 aromatic rings. The summed E-state index contributed by atoms with van der Waals surface area (Å²) in [5, 5.41) is 3.36. The highest BCUT2D eigenvalue weighted by Gasteiger charge is 2.15. The third kappa shape index (κ3) is 3.70. The van der Waals surface area contributed by atoms with Crippen LogP contribution < -0.4 is 5.32 Å². The van der Waals surface area contributed by atoms with Crippen molar-refractivity contribution in [3.63, 3.8) is 0 Å². The SMILES string of the molecule is COC(=O)c1ccc(C)c(NC(C)c2cc(Cl)sc2Cl)c1. The summed E-state index contributed by atoms with van der Waals surface area (Å²) in [5.41, 5.74) is 3.34. The molecule has 3 nitrogen and oxygen atoms in total. The molecule has 21 heavy (non-hydrogen) atoms. The predicted octanol–water partition coefficient (Wildman–Crippen LogP) is 5.32. The van der Waals surface area contributed by atoms with Crippen LogP contribution in [0.1, 0.15) is 34.5 Å². The maximum absolute atomic E-state index is 11.6. The van der Waals surface area contributed by atoms with Gasteiger partial charge in [-0.2, -0.15) is 0 Å². The van der Waals surface area contributed by atoms with Crippen molar-refractivity contribution in [1.29, 1.82) is 0 Å². The van der Waals surface area contributed by atoms with E-state index < -0.39 is 0 Å². The van der Waals surface area contributed by atoms with Crippen LogP contribution in [-0.2, 0) is 4.74 Å². The minimum absolute atomic E-state index is 0.0205. The van der Waals surface area contributed by atoms with Gasteiger partial charge in [-0.1, -0.05) is 29.3 Å². The Balaban J connectivity index is 2.26. The first-order chi connectivity index (χ1) is 9.92. The summed E-state index contributed by atoms with van der Waals surface area (Å²) in [7, 11) is 1.37. The predicted molar refractivity (Wildman–Crippen MR) is 88.9 cm³/mol. The van der Waals surface area contributed by atoms with Crippen LogP contribution in [0.2, 0.25) is 8.67 Å². The Labute approximate surface area is 137 Å². The Morgan fingerprint density at radius 1 is 1.33 bits per heavy atom. The van der Waals surface area contributed by atoms with Crippen molar-refractivity contribution in [2.75, 3.05) is 12.4 Å². The third-order valence-electron chi connectivity index (χ3n) is 3.18. The van der Waals surface area contributed by atoms with E-state index in [0.29, 0.717) is 14.2 Å². The van der Waals surface area contributed by atoms with Gasteiger partial charge in [-0.05, 0) is 37.6 Å². The number of nitrogens with one attached hydrogen (secondary N) is 1. The van der Waals surface area contributed by atoms with E-state index in [1.54, 1.807) is 12.1 Å². The van der Waals surface area contributed by atoms with E-state index in [0.717, 1.165) is 16.8 Å². The van der Waals surface area contributed by atoms with Crippen LogP contribution in [0.4, 0.5) is 5.69 Å². The molecule has 6 heteroatoms. The quantitative estimate of drug-likeness (QED) is 0.763. The zero-order valence-corrected chi connectivity index (χ0v) is 14.2. The lowest BCUT2D eigenvalue weighted by Crippen LogP contribution is -2.09. The lowest BCUT2D eigenvalue weighted by molar-refractivity contribution is 0.0601. The molecule has 0 fully saturated rings. The Hall–Kier alpha value is -1.23. The number of rotatable bonds is 4. The summed E-state index contributed by atoms with van der Waals surface area (Å²) in [6.07, 6.45) is 0. The topological polar surface area (TPSA) is 38.3 Å². The molecule has 1 N–H and O–H groups in total. The lowest BCUT2D eigenvalue weighted by atomic mass is 10.1. The molecule has 0 saturated heterocycles. The number of aryl methyl sites for hydroxylation is 1. The minimum atomic E-state index is -0.359. The average molecular weight is 344 g/mol. The number of thiophene rings is 1. The second kappa shape index (κ2) is 6.69. The van der Waals surface area contributed by atoms with E-state index in [1.807, 2.05) is 26.0 Å². The number of halogens is 2. The van der Waals surface area contributed by atoms with E-state index in [4.69, 9.17) is 27.9 Å². The van der Waals surface area contributed by atoms with Gasteiger partial charge in [-0.15, -0.1) is 11.3 Å². The van der Waals surface area contributed by atoms with Crippen molar-refractivity contribution < 1.29 is 9.53 Å². The first-order valence-electron chi connectivity index (χ1n) is 6.32. The fourth-order valence-corrected chi connectivity index (χ4v) is 3.63. The Bertz CT molecular complexity index is 670. The van der Waals surface area contributed by atoms with Gasteiger partial charge in [0.2, 0.25) is 0 Å². The van der Waals surface area contributed by atoms with Crippen LogP contribution in [0.5, 0.6) is 0 Å². The molecule has 0 amide bonds. The molecule has 1 atom stereocenters. The normalized spacial score (nSPS) is 12.0. The standard InChI is InChI=1S/C15H15Cl2NO2S/c1-8-4-5-10(15(19)20-3)6-12(8)18-9(2)11-7-13(16)21-14(11)17/h4-7,9,18H,1-3H3. The highest BCUT2D eigenvalue weighted by molar-refractivity contribution is 7.20. The average Bonchev–Trinajstić information content (AvgIpc) is 2.79. The van der Waals surface area contributed by atoms with Gasteiger partial charge in [0.25, 0.3) is 0 Å². The fraction of sp³-hybridized carbons (Fsp3) is 0.267. The molecule has 0 aliphatic carbocycles. The van der Waals surface area contributed by atoms with Crippen molar-refractivity contribution in [2.45, 2.75) is 19.9 Å². The van der Waals surface area contributed by atoms with Crippen LogP contribution in [-0.4, -0.2) is 13.1 Å². The minimum Gasteiger partial charge on any atom is -0.465 e. The first kappa shape index (κ1) is 16.1. The molecule has 2 rings (SSSR count). The lowest BCUT2D eigenvalue weighted by Gasteiger charge is -2.17. The van der Waals surface area contributed by atoms with Crippen LogP contribution >= 0.6 is 34.5 Å². The molecule has 0 saturated carbocycles. The van der Waals surface area contributed by atoms with Gasteiger partial charge >= 0.3 is 5.97 Å². The molecule has 0 aliphatic heterocycles. The number of methoxy groups -OCH3 is 1. The zero-order chi connectivity index (χ0) is 15.6. The van der Waals surface area contributed by atoms with Crippen molar-refractivity contribution in [2.24, 2.45) is 0 Å². The summed E-state index contributed by atoms with van der Waals surface area (Å²) in [5.74, 6) is -0.359. The molecular formula is C15H15Cl2NO2S. The maximum atomic E-state index is 11.6. The Morgan fingerprint density at radius 2 is 2.05 bits per heavy atom.